The van der Waals surface area contributed by atoms with Gasteiger partial charge in [0, 0.05) is 65.4 Å². The molecule has 208 valence electrons. The van der Waals surface area contributed by atoms with Gasteiger partial charge in [-0.15, -0.1) is 0 Å². The fourth-order valence-electron chi connectivity index (χ4n) is 9.44. The summed E-state index contributed by atoms with van der Waals surface area (Å²) in [7, 11) is 0. The molecule has 0 nitrogen and oxygen atoms in total. The number of allylic oxidation sites excluding steroid dienone is 8. The Balaban J connectivity index is 0. The average Bonchev–Trinajstić information content (AvgIpc) is 3.19. The van der Waals surface area contributed by atoms with Gasteiger partial charge in [-0.3, -0.25) is 0 Å². The maximum absolute atomic E-state index is 2.57. The first-order valence-electron chi connectivity index (χ1n) is 14.1. The van der Waals surface area contributed by atoms with Crippen molar-refractivity contribution >= 4 is 0 Å². The predicted molar refractivity (Wildman–Crippen MR) is 158 cm³/mol. The van der Waals surface area contributed by atoms with Crippen LogP contribution >= 0.6 is 0 Å². The van der Waals surface area contributed by atoms with Crippen molar-refractivity contribution in [3.05, 3.63) is 59.4 Å². The Kier molecular flexibility index (Phi) is 18.0. The molecule has 4 rings (SSSR count). The van der Waals surface area contributed by atoms with Crippen molar-refractivity contribution in [3.63, 3.8) is 0 Å². The molecule has 2 radical (unpaired) electrons. The Morgan fingerprint density at radius 2 is 0.658 bits per heavy atom. The minimum atomic E-state index is 0. The Labute approximate surface area is 308 Å². The second-order valence-electron chi connectivity index (χ2n) is 13.0. The van der Waals surface area contributed by atoms with E-state index in [2.05, 4.69) is 83.1 Å². The van der Waals surface area contributed by atoms with Gasteiger partial charge >= 0.3 is 26.2 Å². The van der Waals surface area contributed by atoms with Crippen molar-refractivity contribution in [2.24, 2.45) is 59.2 Å². The zero-order valence-corrected chi connectivity index (χ0v) is 35.7. The van der Waals surface area contributed by atoms with E-state index in [1.165, 1.54) is 19.3 Å². The van der Waals surface area contributed by atoms with Gasteiger partial charge in [0.15, 0.2) is 0 Å². The molecule has 4 aliphatic rings. The van der Waals surface area contributed by atoms with Gasteiger partial charge in [0.05, 0.1) is 0 Å². The van der Waals surface area contributed by atoms with Crippen LogP contribution in [0.5, 0.6) is 0 Å². The monoisotopic (exact) mass is 746 g/mol. The maximum Gasteiger partial charge on any atom is 2.00 e. The molecule has 2 fully saturated rings. The number of hydrogen-bond donors (Lipinski definition) is 0. The molecule has 0 aliphatic heterocycles. The Morgan fingerprint density at radius 1 is 0.421 bits per heavy atom. The molecule has 3 heteroatoms. The van der Waals surface area contributed by atoms with E-state index in [4.69, 9.17) is 0 Å². The van der Waals surface area contributed by atoms with E-state index in [1.807, 2.05) is 0 Å². The van der Waals surface area contributed by atoms with Crippen LogP contribution in [-0.4, -0.2) is 0 Å². The van der Waals surface area contributed by atoms with Gasteiger partial charge in [-0.1, -0.05) is 56.4 Å². The summed E-state index contributed by atoms with van der Waals surface area (Å²) in [6, 6.07) is 0. The third-order valence-corrected chi connectivity index (χ3v) is 12.4. The summed E-state index contributed by atoms with van der Waals surface area (Å²) in [6.07, 6.45) is 4.26. The van der Waals surface area contributed by atoms with E-state index in [0.29, 0.717) is 0 Å². The largest absolute Gasteiger partial charge is 2.00 e. The summed E-state index contributed by atoms with van der Waals surface area (Å²) >= 11 is 0. The zero-order chi connectivity index (χ0) is 24.5. The minimum Gasteiger partial charge on any atom is -0.358 e. The number of hydrogen-bond acceptors (Lipinski definition) is 0. The van der Waals surface area contributed by atoms with Gasteiger partial charge in [-0.25, -0.2) is 0 Å². The summed E-state index contributed by atoms with van der Waals surface area (Å²) in [5, 5.41) is 0. The SMILES string of the molecule is CC1=C(C)C2C(C)C(C)C(CCCC3C(C)C(C)C4C(C)=C(C)C(C)=C(C)C34)C2C(C)=C1C.[CH3-].[CH3-].[Y].[Y].[Zr+2]. The molecule has 0 heterocycles. The van der Waals surface area contributed by atoms with E-state index in [9.17, 15) is 0 Å². The van der Waals surface area contributed by atoms with E-state index in [0.717, 1.165) is 59.2 Å². The van der Waals surface area contributed by atoms with Crippen LogP contribution in [0.3, 0.4) is 0 Å². The zero-order valence-electron chi connectivity index (χ0n) is 27.5. The average molecular weight is 748 g/mol. The molecule has 2 saturated carbocycles. The van der Waals surface area contributed by atoms with Crippen molar-refractivity contribution in [3.8, 4) is 0 Å². The van der Waals surface area contributed by atoms with Crippen LogP contribution in [0, 0.1) is 74.0 Å². The third-order valence-electron chi connectivity index (χ3n) is 12.4. The fourth-order valence-corrected chi connectivity index (χ4v) is 9.44. The molecular formula is C35H58Y2Zr. The molecule has 0 N–H and O–H groups in total. The van der Waals surface area contributed by atoms with Gasteiger partial charge < -0.3 is 14.9 Å². The second kappa shape index (κ2) is 16.2. The van der Waals surface area contributed by atoms with Crippen molar-refractivity contribution in [1.29, 1.82) is 0 Å². The maximum atomic E-state index is 2.57. The minimum absolute atomic E-state index is 0. The topological polar surface area (TPSA) is 0 Å². The summed E-state index contributed by atoms with van der Waals surface area (Å²) in [4.78, 5) is 0. The molecule has 0 aromatic rings. The van der Waals surface area contributed by atoms with Crippen molar-refractivity contribution in [2.45, 2.75) is 102 Å². The molecule has 0 amide bonds. The molecule has 38 heavy (non-hydrogen) atoms. The van der Waals surface area contributed by atoms with Crippen LogP contribution in [0.15, 0.2) is 44.6 Å². The summed E-state index contributed by atoms with van der Waals surface area (Å²) in [5.74, 6) is 8.17. The van der Waals surface area contributed by atoms with Crippen LogP contribution in [0.25, 0.3) is 0 Å². The first-order chi connectivity index (χ1) is 15.4. The van der Waals surface area contributed by atoms with Crippen molar-refractivity contribution in [2.75, 3.05) is 0 Å². The summed E-state index contributed by atoms with van der Waals surface area (Å²) < 4.78 is 0. The van der Waals surface area contributed by atoms with Crippen LogP contribution < -0.4 is 0 Å². The number of rotatable bonds is 4. The summed E-state index contributed by atoms with van der Waals surface area (Å²) in [5.41, 5.74) is 13.2. The molecule has 0 spiro atoms. The van der Waals surface area contributed by atoms with E-state index < -0.39 is 0 Å². The molecule has 0 bridgehead atoms. The van der Waals surface area contributed by atoms with E-state index >= 15 is 0 Å². The van der Waals surface area contributed by atoms with Gasteiger partial charge in [-0.05, 0) is 150 Å². The molecule has 10 atom stereocenters. The second-order valence-corrected chi connectivity index (χ2v) is 13.0. The molecule has 10 unspecified atom stereocenters. The van der Waals surface area contributed by atoms with E-state index in [-0.39, 0.29) is 106 Å². The Hall–Kier alpha value is 2.05. The van der Waals surface area contributed by atoms with Crippen molar-refractivity contribution in [1.82, 2.24) is 0 Å². The van der Waals surface area contributed by atoms with Gasteiger partial charge in [-0.2, -0.15) is 0 Å². The van der Waals surface area contributed by atoms with Crippen LogP contribution in [0.1, 0.15) is 102 Å². The van der Waals surface area contributed by atoms with E-state index in [1.54, 1.807) is 44.6 Å². The first-order valence-corrected chi connectivity index (χ1v) is 14.1. The quantitative estimate of drug-likeness (QED) is 0.251. The third kappa shape index (κ3) is 6.74. The van der Waals surface area contributed by atoms with Crippen LogP contribution in [-0.2, 0) is 91.6 Å². The Morgan fingerprint density at radius 3 is 0.921 bits per heavy atom. The first kappa shape index (κ1) is 42.2. The molecular weight excluding hydrogens is 689 g/mol. The molecule has 0 saturated heterocycles. The Bertz CT molecular complexity index is 875. The van der Waals surface area contributed by atoms with Crippen LogP contribution in [0.4, 0.5) is 0 Å². The van der Waals surface area contributed by atoms with Gasteiger partial charge in [0.2, 0.25) is 0 Å². The van der Waals surface area contributed by atoms with Gasteiger partial charge in [0.1, 0.15) is 0 Å². The normalized spacial score (nSPS) is 37.9. The number of fused-ring (bicyclic) bond motifs is 2. The predicted octanol–water partition coefficient (Wildman–Crippen LogP) is 10.7. The summed E-state index contributed by atoms with van der Waals surface area (Å²) in [6.45, 7) is 29.6. The fraction of sp³-hybridized carbons (Fsp3) is 0.714. The molecule has 4 aliphatic carbocycles. The van der Waals surface area contributed by atoms with Gasteiger partial charge in [0.25, 0.3) is 0 Å². The standard InChI is InChI=1S/C33H52.2CH3.2Y.Zr/c1-16-18(3)24(9)32-28(20(5)26(11)30(32)22(16)7)14-13-15-29-21(6)27(12)31-23(8)17(2)19(4)25(10)33(29)31;;;;;/h20-21,26-33H,13-15H2,1-12H3;2*1H3;;;/q;2*-1;;;+2. The van der Waals surface area contributed by atoms with Crippen molar-refractivity contribution < 1.29 is 91.6 Å². The molecule has 0 aromatic heterocycles. The molecule has 0 aromatic carbocycles. The van der Waals surface area contributed by atoms with Crippen LogP contribution in [0.2, 0.25) is 0 Å². The smallest absolute Gasteiger partial charge is 0.358 e.